The minimum absolute atomic E-state index is 0.122. The molecule has 0 fully saturated rings. The van der Waals surface area contributed by atoms with Gasteiger partial charge in [0.05, 0.1) is 23.7 Å². The van der Waals surface area contributed by atoms with Crippen LogP contribution in [-0.4, -0.2) is 19.7 Å². The van der Waals surface area contributed by atoms with Crippen molar-refractivity contribution in [3.63, 3.8) is 0 Å². The maximum Gasteiger partial charge on any atom is 0.272 e. The molecule has 23 heavy (non-hydrogen) atoms. The van der Waals surface area contributed by atoms with Crippen molar-refractivity contribution in [1.29, 1.82) is 0 Å². The minimum Gasteiger partial charge on any atom is -0.452 e. The van der Waals surface area contributed by atoms with E-state index in [9.17, 15) is 18.7 Å². The van der Waals surface area contributed by atoms with Crippen molar-refractivity contribution < 1.29 is 18.3 Å². The molecule has 1 aliphatic rings. The van der Waals surface area contributed by atoms with Crippen LogP contribution in [-0.2, 0) is 17.5 Å². The zero-order chi connectivity index (χ0) is 16.6. The number of non-ortho nitro benzene ring substituents is 1. The van der Waals surface area contributed by atoms with Crippen LogP contribution in [0.3, 0.4) is 0 Å². The van der Waals surface area contributed by atoms with Gasteiger partial charge in [-0.25, -0.2) is 8.60 Å². The lowest BCUT2D eigenvalue weighted by Gasteiger charge is -2.24. The molecule has 2 heterocycles. The third-order valence-corrected chi connectivity index (χ3v) is 5.05. The van der Waals surface area contributed by atoms with Gasteiger partial charge >= 0.3 is 0 Å². The van der Waals surface area contributed by atoms with Gasteiger partial charge in [0.15, 0.2) is 17.3 Å². The SMILES string of the molecule is CS(=O)N1C=C(Oc2ccc([N+](=O)[O-])cc2F)c2ccsc2C1. The molecule has 0 amide bonds. The molecule has 0 saturated heterocycles. The number of thiophene rings is 1. The predicted octanol–water partition coefficient (Wildman–Crippen LogP) is 3.28. The summed E-state index contributed by atoms with van der Waals surface area (Å²) in [5.41, 5.74) is 0.453. The molecule has 0 aliphatic carbocycles. The Kier molecular flexibility index (Phi) is 4.14. The van der Waals surface area contributed by atoms with E-state index in [0.717, 1.165) is 16.5 Å². The van der Waals surface area contributed by atoms with Gasteiger partial charge in [-0.3, -0.25) is 14.4 Å². The summed E-state index contributed by atoms with van der Waals surface area (Å²) in [4.78, 5) is 10.9. The quantitative estimate of drug-likeness (QED) is 0.624. The van der Waals surface area contributed by atoms with Gasteiger partial charge in [0.1, 0.15) is 11.0 Å². The minimum atomic E-state index is -1.24. The second-order valence-electron chi connectivity index (χ2n) is 4.72. The van der Waals surface area contributed by atoms with Crippen LogP contribution in [0.25, 0.3) is 5.76 Å². The molecule has 0 saturated carbocycles. The molecule has 0 spiro atoms. The fraction of sp³-hybridized carbons (Fsp3) is 0.143. The molecule has 120 valence electrons. The van der Waals surface area contributed by atoms with Gasteiger partial charge in [-0.05, 0) is 17.5 Å². The van der Waals surface area contributed by atoms with Crippen LogP contribution < -0.4 is 4.74 Å². The van der Waals surface area contributed by atoms with Gasteiger partial charge in [-0.1, -0.05) is 0 Å². The molecule has 0 radical (unpaired) electrons. The topological polar surface area (TPSA) is 72.7 Å². The molecule has 0 N–H and O–H groups in total. The summed E-state index contributed by atoms with van der Waals surface area (Å²) in [7, 11) is -1.24. The van der Waals surface area contributed by atoms with Gasteiger partial charge in [0, 0.05) is 22.8 Å². The summed E-state index contributed by atoms with van der Waals surface area (Å²) in [6.07, 6.45) is 3.10. The molecule has 9 heteroatoms. The molecule has 1 aromatic heterocycles. The molecule has 1 aromatic carbocycles. The van der Waals surface area contributed by atoms with Crippen molar-refractivity contribution in [2.24, 2.45) is 0 Å². The van der Waals surface area contributed by atoms with E-state index in [1.807, 2.05) is 11.4 Å². The number of ether oxygens (including phenoxy) is 1. The molecule has 2 aromatic rings. The van der Waals surface area contributed by atoms with E-state index in [0.29, 0.717) is 12.3 Å². The van der Waals surface area contributed by atoms with Gasteiger partial charge in [-0.2, -0.15) is 0 Å². The van der Waals surface area contributed by atoms with E-state index >= 15 is 0 Å². The lowest BCUT2D eigenvalue weighted by Crippen LogP contribution is -2.23. The van der Waals surface area contributed by atoms with Crippen LogP contribution >= 0.6 is 11.3 Å². The Labute approximate surface area is 137 Å². The van der Waals surface area contributed by atoms with Crippen molar-refractivity contribution in [2.45, 2.75) is 6.54 Å². The molecule has 3 rings (SSSR count). The molecule has 0 bridgehead atoms. The third kappa shape index (κ3) is 3.10. The number of hydrogen-bond acceptors (Lipinski definition) is 5. The van der Waals surface area contributed by atoms with E-state index in [2.05, 4.69) is 0 Å². The second kappa shape index (κ2) is 6.09. The fourth-order valence-electron chi connectivity index (χ4n) is 2.12. The van der Waals surface area contributed by atoms with Crippen LogP contribution in [0, 0.1) is 15.9 Å². The van der Waals surface area contributed by atoms with Gasteiger partial charge in [0.2, 0.25) is 0 Å². The van der Waals surface area contributed by atoms with Crippen LogP contribution in [0.5, 0.6) is 5.75 Å². The lowest BCUT2D eigenvalue weighted by atomic mass is 10.2. The van der Waals surface area contributed by atoms with Gasteiger partial charge in [0.25, 0.3) is 5.69 Å². The van der Waals surface area contributed by atoms with Crippen LogP contribution in [0.2, 0.25) is 0 Å². The molecular formula is C14H11FN2O4S2. The molecule has 1 atom stereocenters. The molecule has 6 nitrogen and oxygen atoms in total. The summed E-state index contributed by atoms with van der Waals surface area (Å²) in [6.45, 7) is 0.492. The molecule has 1 unspecified atom stereocenters. The average Bonchev–Trinajstić information content (AvgIpc) is 2.97. The Morgan fingerprint density at radius 1 is 1.43 bits per heavy atom. The highest BCUT2D eigenvalue weighted by Gasteiger charge is 2.23. The first-order valence-electron chi connectivity index (χ1n) is 6.46. The molecular weight excluding hydrogens is 343 g/mol. The highest BCUT2D eigenvalue weighted by atomic mass is 32.2. The van der Waals surface area contributed by atoms with Crippen LogP contribution in [0.15, 0.2) is 35.8 Å². The van der Waals surface area contributed by atoms with Crippen molar-refractivity contribution in [3.8, 4) is 5.75 Å². The number of benzene rings is 1. The van der Waals surface area contributed by atoms with E-state index in [4.69, 9.17) is 4.74 Å². The second-order valence-corrected chi connectivity index (χ2v) is 7.04. The highest BCUT2D eigenvalue weighted by Crippen LogP contribution is 2.34. The predicted molar refractivity (Wildman–Crippen MR) is 85.6 cm³/mol. The number of rotatable bonds is 4. The van der Waals surface area contributed by atoms with E-state index in [-0.39, 0.29) is 11.4 Å². The smallest absolute Gasteiger partial charge is 0.272 e. The van der Waals surface area contributed by atoms with Crippen molar-refractivity contribution in [3.05, 3.63) is 62.2 Å². The highest BCUT2D eigenvalue weighted by molar-refractivity contribution is 7.81. The summed E-state index contributed by atoms with van der Waals surface area (Å²) in [5.74, 6) is -0.593. The number of nitro groups is 1. The van der Waals surface area contributed by atoms with E-state index in [1.165, 1.54) is 23.5 Å². The first-order valence-corrected chi connectivity index (χ1v) is 8.85. The van der Waals surface area contributed by atoms with Crippen LogP contribution in [0.1, 0.15) is 10.4 Å². The monoisotopic (exact) mass is 354 g/mol. The zero-order valence-corrected chi connectivity index (χ0v) is 13.5. The third-order valence-electron chi connectivity index (χ3n) is 3.25. The maximum absolute atomic E-state index is 14.0. The fourth-order valence-corrected chi connectivity index (χ4v) is 3.64. The van der Waals surface area contributed by atoms with Crippen molar-refractivity contribution in [1.82, 2.24) is 4.31 Å². The maximum atomic E-state index is 14.0. The van der Waals surface area contributed by atoms with E-state index in [1.54, 1.807) is 16.8 Å². The Balaban J connectivity index is 1.95. The Bertz CT molecular complexity index is 834. The summed E-state index contributed by atoms with van der Waals surface area (Å²) < 4.78 is 32.9. The van der Waals surface area contributed by atoms with Gasteiger partial charge in [-0.15, -0.1) is 11.3 Å². The molecule has 1 aliphatic heterocycles. The normalized spacial score (nSPS) is 14.9. The van der Waals surface area contributed by atoms with Crippen LogP contribution in [0.4, 0.5) is 10.1 Å². The standard InChI is InChI=1S/C14H11FN2O4S2/c1-23(20)16-7-13(10-4-5-22-14(10)8-16)21-12-3-2-9(17(18)19)6-11(12)15/h2-7H,8H2,1H3. The number of hydrogen-bond donors (Lipinski definition) is 0. The summed E-state index contributed by atoms with van der Waals surface area (Å²) in [6, 6.07) is 5.03. The number of nitro benzene ring substituents is 1. The Morgan fingerprint density at radius 2 is 2.22 bits per heavy atom. The Hall–Kier alpha value is -2.26. The largest absolute Gasteiger partial charge is 0.452 e. The van der Waals surface area contributed by atoms with E-state index < -0.39 is 21.7 Å². The zero-order valence-electron chi connectivity index (χ0n) is 11.9. The number of halogens is 1. The van der Waals surface area contributed by atoms with Crippen molar-refractivity contribution in [2.75, 3.05) is 6.26 Å². The summed E-state index contributed by atoms with van der Waals surface area (Å²) in [5, 5.41) is 12.5. The number of nitrogens with zero attached hydrogens (tertiary/aromatic N) is 2. The lowest BCUT2D eigenvalue weighted by molar-refractivity contribution is -0.385. The summed E-state index contributed by atoms with van der Waals surface area (Å²) >= 11 is 1.49. The first-order chi connectivity index (χ1) is 11.0. The average molecular weight is 354 g/mol. The van der Waals surface area contributed by atoms with Gasteiger partial charge < -0.3 is 4.74 Å². The number of fused-ring (bicyclic) bond motifs is 1. The Morgan fingerprint density at radius 3 is 2.87 bits per heavy atom. The first kappa shape index (κ1) is 15.6. The van der Waals surface area contributed by atoms with Crippen molar-refractivity contribution >= 4 is 33.8 Å².